The topological polar surface area (TPSA) is 109 Å². The Balaban J connectivity index is 1.49. The zero-order valence-corrected chi connectivity index (χ0v) is 21.6. The lowest BCUT2D eigenvalue weighted by atomic mass is 10.0. The summed E-state index contributed by atoms with van der Waals surface area (Å²) < 4.78 is 80.7. The summed E-state index contributed by atoms with van der Waals surface area (Å²) in [5.41, 5.74) is -0.434. The fourth-order valence-electron chi connectivity index (χ4n) is 4.68. The van der Waals surface area contributed by atoms with E-state index < -0.39 is 48.6 Å². The van der Waals surface area contributed by atoms with Crippen LogP contribution in [0.25, 0.3) is 22.3 Å². The molecular weight excluding hydrogens is 541 g/mol. The van der Waals surface area contributed by atoms with Crippen LogP contribution in [0.4, 0.5) is 22.0 Å². The summed E-state index contributed by atoms with van der Waals surface area (Å²) in [6.45, 7) is 0.175. The van der Waals surface area contributed by atoms with E-state index in [9.17, 15) is 31.5 Å². The number of ether oxygens (including phenoxy) is 2. The van der Waals surface area contributed by atoms with Crippen molar-refractivity contribution < 1.29 is 41.0 Å². The van der Waals surface area contributed by atoms with Gasteiger partial charge in [-0.15, -0.1) is 0 Å². The van der Waals surface area contributed by atoms with Crippen molar-refractivity contribution in [2.24, 2.45) is 5.92 Å². The maximum absolute atomic E-state index is 14.7. The van der Waals surface area contributed by atoms with E-state index in [0.717, 1.165) is 36.2 Å². The molecule has 0 unspecified atom stereocenters. The van der Waals surface area contributed by atoms with Gasteiger partial charge in [0.25, 0.3) is 11.8 Å². The van der Waals surface area contributed by atoms with Crippen molar-refractivity contribution in [3.63, 3.8) is 0 Å². The normalized spacial score (nSPS) is 18.8. The molecule has 2 fully saturated rings. The van der Waals surface area contributed by atoms with Gasteiger partial charge in [0, 0.05) is 24.9 Å². The van der Waals surface area contributed by atoms with Crippen molar-refractivity contribution >= 4 is 22.8 Å². The molecule has 1 saturated carbocycles. The van der Waals surface area contributed by atoms with Gasteiger partial charge in [-0.2, -0.15) is 13.2 Å². The first-order chi connectivity index (χ1) is 18.9. The van der Waals surface area contributed by atoms with E-state index >= 15 is 0 Å². The molecule has 14 heteroatoms. The molecule has 2 aliphatic rings. The van der Waals surface area contributed by atoms with Crippen LogP contribution in [0, 0.1) is 12.8 Å². The molecule has 1 aliphatic carbocycles. The zero-order chi connectivity index (χ0) is 28.8. The molecular formula is C26H26F5N5O4. The van der Waals surface area contributed by atoms with E-state index in [4.69, 9.17) is 9.47 Å². The molecule has 3 aromatic rings. The number of hydrogen-bond acceptors (Lipinski definition) is 6. The van der Waals surface area contributed by atoms with Gasteiger partial charge in [-0.3, -0.25) is 9.59 Å². The quantitative estimate of drug-likeness (QED) is 0.399. The predicted octanol–water partition coefficient (Wildman–Crippen LogP) is 3.96. The Labute approximate surface area is 225 Å². The minimum atomic E-state index is -4.63. The number of H-pyrrole nitrogens is 1. The summed E-state index contributed by atoms with van der Waals surface area (Å²) >= 11 is 0. The van der Waals surface area contributed by atoms with Gasteiger partial charge >= 0.3 is 6.18 Å². The minimum Gasteiger partial charge on any atom is -0.493 e. The van der Waals surface area contributed by atoms with Crippen molar-refractivity contribution in [3.05, 3.63) is 41.3 Å². The van der Waals surface area contributed by atoms with Crippen LogP contribution < -0.4 is 10.1 Å². The first kappa shape index (κ1) is 27.7. The summed E-state index contributed by atoms with van der Waals surface area (Å²) in [6.07, 6.45) is -1.60. The summed E-state index contributed by atoms with van der Waals surface area (Å²) in [7, 11) is 1.27. The van der Waals surface area contributed by atoms with Crippen molar-refractivity contribution in [1.82, 2.24) is 25.2 Å². The number of fused-ring (bicyclic) bond motifs is 1. The Morgan fingerprint density at radius 3 is 2.65 bits per heavy atom. The molecule has 0 bridgehead atoms. The fraction of sp³-hybridized carbons (Fsp3) is 0.462. The number of alkyl halides is 5. The number of aromatic nitrogens is 3. The maximum Gasteiger partial charge on any atom is 0.416 e. The number of nitrogens with one attached hydrogen (secondary N) is 2. The smallest absolute Gasteiger partial charge is 0.416 e. The van der Waals surface area contributed by atoms with Gasteiger partial charge in [-0.25, -0.2) is 18.7 Å². The fourth-order valence-corrected chi connectivity index (χ4v) is 4.68. The molecule has 2 aromatic heterocycles. The summed E-state index contributed by atoms with van der Waals surface area (Å²) in [5.74, 6) is -4.40. The standard InChI is InChI=1S/C26H26F5N5O4/c1-13-20(24(38)35-18-8-36(11-25(18,27)28)19(37)10-39-2)22-23(34-13)21(32-12-33-22)16-7-15(26(29,30)31)5-6-17(16)40-9-14-3-4-14/h5-7,12,14,18,34H,3-4,8-11H2,1-2H3,(H,35,38)/t18-/m1/s1. The third-order valence-electron chi connectivity index (χ3n) is 6.97. The number of methoxy groups -OCH3 is 1. The highest BCUT2D eigenvalue weighted by molar-refractivity contribution is 6.09. The van der Waals surface area contributed by atoms with Gasteiger partial charge in [0.1, 0.15) is 35.9 Å². The number of aryl methyl sites for hydroxylation is 1. The molecule has 214 valence electrons. The van der Waals surface area contributed by atoms with E-state index in [1.165, 1.54) is 20.1 Å². The number of hydrogen-bond donors (Lipinski definition) is 2. The molecule has 1 aromatic carbocycles. The van der Waals surface area contributed by atoms with Gasteiger partial charge in [-0.05, 0) is 43.9 Å². The highest BCUT2D eigenvalue weighted by Crippen LogP contribution is 2.40. The van der Waals surface area contributed by atoms with Crippen molar-refractivity contribution in [3.8, 4) is 17.0 Å². The minimum absolute atomic E-state index is 0.0409. The second kappa shape index (κ2) is 10.3. The number of carbonyl (C=O) groups excluding carboxylic acids is 2. The summed E-state index contributed by atoms with van der Waals surface area (Å²) in [6, 6.07) is 1.41. The highest BCUT2D eigenvalue weighted by Gasteiger charge is 2.50. The average molecular weight is 568 g/mol. The van der Waals surface area contributed by atoms with E-state index in [-0.39, 0.29) is 45.9 Å². The van der Waals surface area contributed by atoms with Gasteiger partial charge in [0.05, 0.1) is 29.8 Å². The van der Waals surface area contributed by atoms with Gasteiger partial charge in [-0.1, -0.05) is 0 Å². The lowest BCUT2D eigenvalue weighted by Gasteiger charge is -2.18. The predicted molar refractivity (Wildman–Crippen MR) is 132 cm³/mol. The molecule has 3 heterocycles. The van der Waals surface area contributed by atoms with E-state index in [2.05, 4.69) is 20.3 Å². The van der Waals surface area contributed by atoms with Crippen LogP contribution in [0.1, 0.15) is 34.5 Å². The highest BCUT2D eigenvalue weighted by atomic mass is 19.4. The molecule has 9 nitrogen and oxygen atoms in total. The molecule has 5 rings (SSSR count). The Morgan fingerprint density at radius 1 is 1.23 bits per heavy atom. The Bertz CT molecular complexity index is 1450. The first-order valence-electron chi connectivity index (χ1n) is 12.5. The van der Waals surface area contributed by atoms with Crippen LogP contribution in [0.2, 0.25) is 0 Å². The lowest BCUT2D eigenvalue weighted by Crippen LogP contribution is -2.46. The summed E-state index contributed by atoms with van der Waals surface area (Å²) in [4.78, 5) is 37.5. The molecule has 1 saturated heterocycles. The monoisotopic (exact) mass is 567 g/mol. The molecule has 0 spiro atoms. The molecule has 1 aliphatic heterocycles. The Hall–Kier alpha value is -3.81. The number of nitrogens with zero attached hydrogens (tertiary/aromatic N) is 3. The van der Waals surface area contributed by atoms with Crippen LogP contribution >= 0.6 is 0 Å². The third-order valence-corrected chi connectivity index (χ3v) is 6.97. The van der Waals surface area contributed by atoms with Crippen LogP contribution in [-0.4, -0.2) is 77.0 Å². The van der Waals surface area contributed by atoms with Crippen LogP contribution in [-0.2, 0) is 15.7 Å². The number of halogens is 5. The second-order valence-electron chi connectivity index (χ2n) is 10.0. The Kier molecular flexibility index (Phi) is 7.15. The molecule has 0 radical (unpaired) electrons. The maximum atomic E-state index is 14.7. The SMILES string of the molecule is COCC(=O)N1C[C@@H](NC(=O)c2c(C)[nH]c3c(-c4cc(C(F)(F)F)ccc4OCC4CC4)ncnc23)C(F)(F)C1. The van der Waals surface area contributed by atoms with E-state index in [1.807, 2.05) is 0 Å². The second-order valence-corrected chi connectivity index (χ2v) is 10.0. The number of carbonyl (C=O) groups is 2. The molecule has 2 N–H and O–H groups in total. The van der Waals surface area contributed by atoms with Gasteiger partial charge < -0.3 is 24.7 Å². The third kappa shape index (κ3) is 5.44. The van der Waals surface area contributed by atoms with Gasteiger partial charge in [0.15, 0.2) is 0 Å². The largest absolute Gasteiger partial charge is 0.493 e. The van der Waals surface area contributed by atoms with Crippen molar-refractivity contribution in [2.75, 3.05) is 33.4 Å². The van der Waals surface area contributed by atoms with Crippen LogP contribution in [0.3, 0.4) is 0 Å². The Morgan fingerprint density at radius 2 is 1.98 bits per heavy atom. The van der Waals surface area contributed by atoms with Crippen molar-refractivity contribution in [1.29, 1.82) is 0 Å². The zero-order valence-electron chi connectivity index (χ0n) is 21.6. The molecule has 40 heavy (non-hydrogen) atoms. The number of aromatic amines is 1. The number of rotatable bonds is 8. The first-order valence-corrected chi connectivity index (χ1v) is 12.5. The van der Waals surface area contributed by atoms with Crippen molar-refractivity contribution in [2.45, 2.75) is 37.9 Å². The number of amides is 2. The van der Waals surface area contributed by atoms with Crippen LogP contribution in [0.5, 0.6) is 5.75 Å². The average Bonchev–Trinajstić information content (AvgIpc) is 3.58. The van der Waals surface area contributed by atoms with Gasteiger partial charge in [0.2, 0.25) is 5.91 Å². The number of benzene rings is 1. The van der Waals surface area contributed by atoms with Crippen LogP contribution in [0.15, 0.2) is 24.5 Å². The van der Waals surface area contributed by atoms with E-state index in [0.29, 0.717) is 12.5 Å². The number of likely N-dealkylation sites (tertiary alicyclic amines) is 1. The summed E-state index contributed by atoms with van der Waals surface area (Å²) in [5, 5.41) is 2.29. The molecule has 1 atom stereocenters. The van der Waals surface area contributed by atoms with E-state index in [1.54, 1.807) is 0 Å². The lowest BCUT2D eigenvalue weighted by molar-refractivity contribution is -0.137. The molecule has 2 amide bonds.